The van der Waals surface area contributed by atoms with Gasteiger partial charge in [0.25, 0.3) is 0 Å². The summed E-state index contributed by atoms with van der Waals surface area (Å²) in [5, 5.41) is 6.53. The van der Waals surface area contributed by atoms with Gasteiger partial charge in [0.15, 0.2) is 17.5 Å². The van der Waals surface area contributed by atoms with E-state index in [0.29, 0.717) is 42.2 Å². The molecule has 0 atom stereocenters. The molecule has 0 spiro atoms. The lowest BCUT2D eigenvalue weighted by atomic mass is 10.1. The second-order valence-corrected chi connectivity index (χ2v) is 7.05. The van der Waals surface area contributed by atoms with Crippen molar-refractivity contribution in [3.63, 3.8) is 0 Å². The molecule has 8 nitrogen and oxygen atoms in total. The van der Waals surface area contributed by atoms with Crippen molar-refractivity contribution >= 4 is 29.9 Å². The van der Waals surface area contributed by atoms with Crippen LogP contribution in [0, 0.1) is 6.92 Å². The van der Waals surface area contributed by atoms with E-state index in [2.05, 4.69) is 20.6 Å². The summed E-state index contributed by atoms with van der Waals surface area (Å²) in [6, 6.07) is 11.8. The molecule has 0 amide bonds. The summed E-state index contributed by atoms with van der Waals surface area (Å²) in [5.74, 6) is 3.01. The number of hydrogen-bond donors (Lipinski definition) is 2. The molecule has 2 aromatic carbocycles. The summed E-state index contributed by atoms with van der Waals surface area (Å²) < 4.78 is 22.0. The van der Waals surface area contributed by atoms with Gasteiger partial charge in [-0.1, -0.05) is 17.7 Å². The van der Waals surface area contributed by atoms with Crippen LogP contribution in [0.4, 0.5) is 0 Å². The number of benzene rings is 2. The van der Waals surface area contributed by atoms with E-state index in [9.17, 15) is 0 Å². The molecular formula is C24H31IN4O4. The number of oxazole rings is 1. The van der Waals surface area contributed by atoms with Crippen LogP contribution >= 0.6 is 24.0 Å². The molecule has 178 valence electrons. The number of guanidine groups is 1. The van der Waals surface area contributed by atoms with E-state index in [1.165, 1.54) is 5.56 Å². The summed E-state index contributed by atoms with van der Waals surface area (Å²) in [5.41, 5.74) is 3.81. The molecule has 1 aromatic heterocycles. The van der Waals surface area contributed by atoms with E-state index in [-0.39, 0.29) is 24.0 Å². The van der Waals surface area contributed by atoms with Crippen LogP contribution in [0.3, 0.4) is 0 Å². The van der Waals surface area contributed by atoms with Crippen molar-refractivity contribution in [2.75, 3.05) is 27.9 Å². The Kier molecular flexibility index (Phi) is 10.3. The molecule has 9 heteroatoms. The number of hydrogen-bond acceptors (Lipinski definition) is 6. The minimum absolute atomic E-state index is 0. The van der Waals surface area contributed by atoms with Gasteiger partial charge in [-0.05, 0) is 38.1 Å². The number of nitrogens with zero attached hydrogens (tertiary/aromatic N) is 2. The maximum atomic E-state index is 5.64. The van der Waals surface area contributed by atoms with E-state index in [4.69, 9.17) is 18.6 Å². The van der Waals surface area contributed by atoms with Crippen molar-refractivity contribution in [3.05, 3.63) is 59.5 Å². The highest BCUT2D eigenvalue weighted by Crippen LogP contribution is 2.39. The van der Waals surface area contributed by atoms with Crippen LogP contribution < -0.4 is 24.8 Å². The lowest BCUT2D eigenvalue weighted by Crippen LogP contribution is -2.36. The smallest absolute Gasteiger partial charge is 0.226 e. The Labute approximate surface area is 211 Å². The number of halogens is 1. The number of aryl methyl sites for hydroxylation is 1. The van der Waals surface area contributed by atoms with Crippen LogP contribution in [0.15, 0.2) is 52.1 Å². The molecule has 1 heterocycles. The number of methoxy groups -OCH3 is 3. The second kappa shape index (κ2) is 12.9. The minimum atomic E-state index is 0. The Morgan fingerprint density at radius 3 is 2.33 bits per heavy atom. The summed E-state index contributed by atoms with van der Waals surface area (Å²) in [4.78, 5) is 9.24. The quantitative estimate of drug-likeness (QED) is 0.223. The van der Waals surface area contributed by atoms with Crippen molar-refractivity contribution in [2.45, 2.75) is 26.9 Å². The number of rotatable bonds is 9. The van der Waals surface area contributed by atoms with Crippen LogP contribution in [0.25, 0.3) is 11.5 Å². The van der Waals surface area contributed by atoms with E-state index in [1.807, 2.05) is 50.2 Å². The van der Waals surface area contributed by atoms with E-state index in [1.54, 1.807) is 27.6 Å². The molecule has 0 aliphatic carbocycles. The van der Waals surface area contributed by atoms with Crippen LogP contribution in [-0.4, -0.2) is 38.8 Å². The number of aliphatic imine (C=N–C) groups is 1. The van der Waals surface area contributed by atoms with Crippen molar-refractivity contribution < 1.29 is 18.6 Å². The molecule has 3 rings (SSSR count). The molecule has 0 saturated heterocycles. The standard InChI is InChI=1S/C24H30N4O4.HI/c1-6-25-24(26-13-18-11-12-20(29-3)22(31-5)21(18)30-4)27-14-19-15-32-23(28-19)17-9-7-16(2)8-10-17;/h7-12,15H,6,13-14H2,1-5H3,(H2,25,26,27);1H. The third kappa shape index (κ3) is 6.77. The zero-order valence-electron chi connectivity index (χ0n) is 19.6. The number of aromatic nitrogens is 1. The molecule has 2 N–H and O–H groups in total. The average molecular weight is 566 g/mol. The van der Waals surface area contributed by atoms with E-state index < -0.39 is 0 Å². The topological polar surface area (TPSA) is 90.1 Å². The fourth-order valence-electron chi connectivity index (χ4n) is 3.18. The Hall–Kier alpha value is -2.95. The molecule has 0 unspecified atom stereocenters. The van der Waals surface area contributed by atoms with Crippen LogP contribution in [0.2, 0.25) is 0 Å². The van der Waals surface area contributed by atoms with Gasteiger partial charge in [0.1, 0.15) is 6.26 Å². The van der Waals surface area contributed by atoms with Gasteiger partial charge in [0.2, 0.25) is 11.6 Å². The average Bonchev–Trinajstić information content (AvgIpc) is 3.29. The summed E-state index contributed by atoms with van der Waals surface area (Å²) in [6.45, 7) is 5.66. The van der Waals surface area contributed by atoms with Gasteiger partial charge >= 0.3 is 0 Å². The largest absolute Gasteiger partial charge is 0.493 e. The molecule has 0 radical (unpaired) electrons. The Balaban J connectivity index is 0.00000385. The predicted molar refractivity (Wildman–Crippen MR) is 140 cm³/mol. The van der Waals surface area contributed by atoms with E-state index in [0.717, 1.165) is 23.4 Å². The van der Waals surface area contributed by atoms with Crippen LogP contribution in [0.5, 0.6) is 17.2 Å². The highest BCUT2D eigenvalue weighted by atomic mass is 127. The fourth-order valence-corrected chi connectivity index (χ4v) is 3.18. The Morgan fingerprint density at radius 1 is 0.970 bits per heavy atom. The molecule has 0 aliphatic rings. The molecule has 0 aliphatic heterocycles. The highest BCUT2D eigenvalue weighted by molar-refractivity contribution is 14.0. The summed E-state index contributed by atoms with van der Waals surface area (Å²) >= 11 is 0. The van der Waals surface area contributed by atoms with Crippen molar-refractivity contribution in [1.82, 2.24) is 15.6 Å². The van der Waals surface area contributed by atoms with E-state index >= 15 is 0 Å². The van der Waals surface area contributed by atoms with Gasteiger partial charge in [0, 0.05) is 17.7 Å². The zero-order valence-corrected chi connectivity index (χ0v) is 21.9. The summed E-state index contributed by atoms with van der Waals surface area (Å²) in [7, 11) is 4.78. The third-order valence-corrected chi connectivity index (χ3v) is 4.82. The van der Waals surface area contributed by atoms with Gasteiger partial charge in [-0.3, -0.25) is 0 Å². The van der Waals surface area contributed by atoms with Gasteiger partial charge in [0.05, 0.1) is 40.1 Å². The third-order valence-electron chi connectivity index (χ3n) is 4.82. The first-order chi connectivity index (χ1) is 15.6. The second-order valence-electron chi connectivity index (χ2n) is 7.05. The first-order valence-electron chi connectivity index (χ1n) is 10.4. The van der Waals surface area contributed by atoms with Crippen molar-refractivity contribution in [3.8, 4) is 28.7 Å². The predicted octanol–water partition coefficient (Wildman–Crippen LogP) is 4.55. The lowest BCUT2D eigenvalue weighted by Gasteiger charge is -2.15. The molecule has 33 heavy (non-hydrogen) atoms. The van der Waals surface area contributed by atoms with Crippen molar-refractivity contribution in [2.24, 2.45) is 4.99 Å². The number of nitrogens with one attached hydrogen (secondary N) is 2. The summed E-state index contributed by atoms with van der Waals surface area (Å²) in [6.07, 6.45) is 1.66. The van der Waals surface area contributed by atoms with Gasteiger partial charge in [-0.25, -0.2) is 9.98 Å². The molecule has 3 aromatic rings. The first-order valence-corrected chi connectivity index (χ1v) is 10.4. The van der Waals surface area contributed by atoms with Crippen LogP contribution in [-0.2, 0) is 13.1 Å². The van der Waals surface area contributed by atoms with Gasteiger partial charge in [-0.15, -0.1) is 24.0 Å². The maximum Gasteiger partial charge on any atom is 0.226 e. The Bertz CT molecular complexity index is 1050. The molecule has 0 fully saturated rings. The van der Waals surface area contributed by atoms with Crippen molar-refractivity contribution in [1.29, 1.82) is 0 Å². The number of ether oxygens (including phenoxy) is 3. The van der Waals surface area contributed by atoms with Gasteiger partial charge < -0.3 is 29.3 Å². The normalized spacial score (nSPS) is 10.9. The molecule has 0 saturated carbocycles. The minimum Gasteiger partial charge on any atom is -0.493 e. The maximum absolute atomic E-state index is 5.64. The Morgan fingerprint density at radius 2 is 1.70 bits per heavy atom. The SMILES string of the molecule is CCNC(=NCc1ccc(OC)c(OC)c1OC)NCc1coc(-c2ccc(C)cc2)n1.I. The van der Waals surface area contributed by atoms with Crippen LogP contribution in [0.1, 0.15) is 23.7 Å². The lowest BCUT2D eigenvalue weighted by molar-refractivity contribution is 0.322. The molecule has 0 bridgehead atoms. The highest BCUT2D eigenvalue weighted by Gasteiger charge is 2.15. The van der Waals surface area contributed by atoms with Gasteiger partial charge in [-0.2, -0.15) is 0 Å². The zero-order chi connectivity index (χ0) is 22.9. The monoisotopic (exact) mass is 566 g/mol. The molecular weight excluding hydrogens is 535 g/mol. The first kappa shape index (κ1) is 26.3. The fraction of sp³-hybridized carbons (Fsp3) is 0.333.